The maximum absolute atomic E-state index is 15.0. The number of aromatic nitrogens is 3. The zero-order chi connectivity index (χ0) is 24.9. The van der Waals surface area contributed by atoms with Crippen LogP contribution in [0.25, 0.3) is 11.3 Å². The lowest BCUT2D eigenvalue weighted by Crippen LogP contribution is -2.57. The Morgan fingerprint density at radius 3 is 2.74 bits per heavy atom. The lowest BCUT2D eigenvalue weighted by Gasteiger charge is -2.40. The first-order valence-electron chi connectivity index (χ1n) is 11.3. The monoisotopic (exact) mass is 483 g/mol. The zero-order valence-corrected chi connectivity index (χ0v) is 19.3. The van der Waals surface area contributed by atoms with Gasteiger partial charge in [-0.2, -0.15) is 5.10 Å². The van der Waals surface area contributed by atoms with Crippen LogP contribution in [0.1, 0.15) is 22.3 Å². The summed E-state index contributed by atoms with van der Waals surface area (Å²) in [6.07, 6.45) is 4.33. The van der Waals surface area contributed by atoms with Crippen LogP contribution in [-0.2, 0) is 18.3 Å². The molecule has 4 N–H and O–H groups in total. The number of benzene rings is 1. The minimum absolute atomic E-state index is 0.0328. The smallest absolute Gasteiger partial charge is 0.255 e. The van der Waals surface area contributed by atoms with E-state index in [9.17, 15) is 18.4 Å². The van der Waals surface area contributed by atoms with Gasteiger partial charge in [-0.25, -0.2) is 13.8 Å². The molecule has 0 radical (unpaired) electrons. The molecule has 1 aromatic carbocycles. The molecule has 1 fully saturated rings. The molecule has 0 saturated carbocycles. The van der Waals surface area contributed by atoms with Gasteiger partial charge in [-0.15, -0.1) is 0 Å². The van der Waals surface area contributed by atoms with Crippen LogP contribution in [0, 0.1) is 11.6 Å². The van der Waals surface area contributed by atoms with Crippen LogP contribution in [-0.4, -0.2) is 63.7 Å². The third-order valence-corrected chi connectivity index (χ3v) is 5.93. The number of amides is 2. The first-order chi connectivity index (χ1) is 16.9. The summed E-state index contributed by atoms with van der Waals surface area (Å²) in [4.78, 5) is 30.8. The van der Waals surface area contributed by atoms with E-state index >= 15 is 0 Å². The van der Waals surface area contributed by atoms with Crippen LogP contribution in [0.4, 0.5) is 14.6 Å². The maximum Gasteiger partial charge on any atom is 0.255 e. The summed E-state index contributed by atoms with van der Waals surface area (Å²) in [7, 11) is 1.71. The lowest BCUT2D eigenvalue weighted by atomic mass is 10.0. The number of nitrogens with two attached hydrogens (primary N) is 1. The number of hydrogen-bond acceptors (Lipinski definition) is 6. The van der Waals surface area contributed by atoms with Gasteiger partial charge in [-0.05, 0) is 36.6 Å². The Kier molecular flexibility index (Phi) is 7.35. The Hall–Kier alpha value is -3.86. The molecule has 1 aliphatic rings. The third-order valence-electron chi connectivity index (χ3n) is 5.93. The number of anilines is 1. The molecule has 1 aliphatic heterocycles. The van der Waals surface area contributed by atoms with Gasteiger partial charge in [0.2, 0.25) is 5.91 Å². The fraction of sp³-hybridized carbons (Fsp3) is 0.333. The SMILES string of the molecule is Cn1cc(-c2nc(NCCc3cccc(F)c3)c(C(=O)NC[C@H]3CCN3C(=O)CN)cc2F)cn1. The summed E-state index contributed by atoms with van der Waals surface area (Å²) in [5, 5.41) is 9.92. The summed E-state index contributed by atoms with van der Waals surface area (Å²) in [6.45, 7) is 1.07. The van der Waals surface area contributed by atoms with Crippen molar-refractivity contribution in [2.75, 3.05) is 31.5 Å². The van der Waals surface area contributed by atoms with E-state index in [4.69, 9.17) is 5.73 Å². The highest BCUT2D eigenvalue weighted by Crippen LogP contribution is 2.25. The topological polar surface area (TPSA) is 118 Å². The highest BCUT2D eigenvalue weighted by Gasteiger charge is 2.31. The van der Waals surface area contributed by atoms with Crippen molar-refractivity contribution in [1.82, 2.24) is 25.0 Å². The highest BCUT2D eigenvalue weighted by atomic mass is 19.1. The fourth-order valence-corrected chi connectivity index (χ4v) is 3.96. The van der Waals surface area contributed by atoms with Gasteiger partial charge in [-0.1, -0.05) is 12.1 Å². The first kappa shape index (κ1) is 24.3. The van der Waals surface area contributed by atoms with Gasteiger partial charge >= 0.3 is 0 Å². The van der Waals surface area contributed by atoms with Crippen LogP contribution in [0.2, 0.25) is 0 Å². The summed E-state index contributed by atoms with van der Waals surface area (Å²) in [6, 6.07) is 7.21. The second-order valence-electron chi connectivity index (χ2n) is 8.37. The van der Waals surface area contributed by atoms with Gasteiger partial charge in [0.05, 0.1) is 24.3 Å². The van der Waals surface area contributed by atoms with E-state index in [1.54, 1.807) is 30.3 Å². The van der Waals surface area contributed by atoms with Crippen LogP contribution in [0.3, 0.4) is 0 Å². The van der Waals surface area contributed by atoms with Gasteiger partial charge < -0.3 is 21.3 Å². The number of carbonyl (C=O) groups is 2. The van der Waals surface area contributed by atoms with Crippen LogP contribution in [0.5, 0.6) is 0 Å². The second kappa shape index (κ2) is 10.6. The van der Waals surface area contributed by atoms with E-state index < -0.39 is 11.7 Å². The molecule has 1 atom stereocenters. The molecule has 11 heteroatoms. The molecule has 35 heavy (non-hydrogen) atoms. The molecule has 4 rings (SSSR count). The molecular formula is C24H27F2N7O2. The number of hydrogen-bond donors (Lipinski definition) is 3. The van der Waals surface area contributed by atoms with Gasteiger partial charge in [0.15, 0.2) is 5.82 Å². The van der Waals surface area contributed by atoms with E-state index in [0.717, 1.165) is 18.1 Å². The summed E-state index contributed by atoms with van der Waals surface area (Å²) in [5.41, 5.74) is 6.75. The molecule has 0 aliphatic carbocycles. The molecule has 184 valence electrons. The van der Waals surface area contributed by atoms with Crippen molar-refractivity contribution in [3.63, 3.8) is 0 Å². The quantitative estimate of drug-likeness (QED) is 0.427. The number of carbonyl (C=O) groups excluding carboxylic acids is 2. The van der Waals surface area contributed by atoms with Crippen molar-refractivity contribution in [3.8, 4) is 11.3 Å². The van der Waals surface area contributed by atoms with Crippen LogP contribution < -0.4 is 16.4 Å². The molecule has 0 unspecified atom stereocenters. The van der Waals surface area contributed by atoms with E-state index in [0.29, 0.717) is 25.1 Å². The normalized spacial score (nSPS) is 15.0. The number of pyridine rings is 1. The molecule has 3 aromatic rings. The standard InChI is InChI=1S/C24H27F2N7O2/c1-32-14-16(12-30-32)22-20(26)10-19(24(35)29-13-18-6-8-33(18)21(34)11-27)23(31-22)28-7-5-15-3-2-4-17(25)9-15/h2-4,9-10,12,14,18H,5-8,11,13,27H2,1H3,(H,28,31)(H,29,35)/t18-/m1/s1. The van der Waals surface area contributed by atoms with Crippen molar-refractivity contribution in [2.45, 2.75) is 18.9 Å². The number of nitrogens with one attached hydrogen (secondary N) is 2. The first-order valence-corrected chi connectivity index (χ1v) is 11.3. The third kappa shape index (κ3) is 5.62. The summed E-state index contributed by atoms with van der Waals surface area (Å²) in [5.74, 6) is -1.50. The Bertz CT molecular complexity index is 1230. The Labute approximate surface area is 201 Å². The number of nitrogens with zero attached hydrogens (tertiary/aromatic N) is 4. The van der Waals surface area contributed by atoms with Crippen molar-refractivity contribution in [1.29, 1.82) is 0 Å². The molecule has 3 heterocycles. The Morgan fingerprint density at radius 1 is 1.26 bits per heavy atom. The van der Waals surface area contributed by atoms with Gasteiger partial charge in [0, 0.05) is 38.4 Å². The number of rotatable bonds is 9. The predicted molar refractivity (Wildman–Crippen MR) is 126 cm³/mol. The van der Waals surface area contributed by atoms with Crippen molar-refractivity contribution in [3.05, 3.63) is 65.5 Å². The Morgan fingerprint density at radius 2 is 2.09 bits per heavy atom. The number of halogens is 2. The minimum Gasteiger partial charge on any atom is -0.369 e. The highest BCUT2D eigenvalue weighted by molar-refractivity contribution is 5.99. The predicted octanol–water partition coefficient (Wildman–Crippen LogP) is 1.70. The molecule has 0 bridgehead atoms. The van der Waals surface area contributed by atoms with Crippen molar-refractivity contribution < 1.29 is 18.4 Å². The molecule has 1 saturated heterocycles. The van der Waals surface area contributed by atoms with Crippen LogP contribution in [0.15, 0.2) is 42.7 Å². The fourth-order valence-electron chi connectivity index (χ4n) is 3.96. The van der Waals surface area contributed by atoms with Gasteiger partial charge in [-0.3, -0.25) is 14.3 Å². The van der Waals surface area contributed by atoms with E-state index in [1.165, 1.54) is 23.0 Å². The minimum atomic E-state index is -0.664. The van der Waals surface area contributed by atoms with E-state index in [1.807, 2.05) is 0 Å². The molecule has 0 spiro atoms. The van der Waals surface area contributed by atoms with E-state index in [-0.39, 0.29) is 47.9 Å². The van der Waals surface area contributed by atoms with Gasteiger partial charge in [0.1, 0.15) is 17.3 Å². The van der Waals surface area contributed by atoms with E-state index in [2.05, 4.69) is 20.7 Å². The van der Waals surface area contributed by atoms with Crippen molar-refractivity contribution >= 4 is 17.6 Å². The molecule has 9 nitrogen and oxygen atoms in total. The van der Waals surface area contributed by atoms with Gasteiger partial charge in [0.25, 0.3) is 5.91 Å². The number of likely N-dealkylation sites (tertiary alicyclic amines) is 1. The van der Waals surface area contributed by atoms with Crippen LogP contribution >= 0.6 is 0 Å². The molecule has 2 amide bonds. The maximum atomic E-state index is 15.0. The van der Waals surface area contributed by atoms with Crippen molar-refractivity contribution in [2.24, 2.45) is 12.8 Å². The summed E-state index contributed by atoms with van der Waals surface area (Å²) < 4.78 is 30.0. The second-order valence-corrected chi connectivity index (χ2v) is 8.37. The lowest BCUT2D eigenvalue weighted by molar-refractivity contribution is -0.137. The molecule has 2 aromatic heterocycles. The number of aryl methyl sites for hydroxylation is 1. The average molecular weight is 484 g/mol. The average Bonchev–Trinajstić information content (AvgIpc) is 3.24. The summed E-state index contributed by atoms with van der Waals surface area (Å²) >= 11 is 0. The largest absolute Gasteiger partial charge is 0.369 e. The zero-order valence-electron chi connectivity index (χ0n) is 19.3. The molecular weight excluding hydrogens is 456 g/mol. The Balaban J connectivity index is 1.52.